The van der Waals surface area contributed by atoms with E-state index < -0.39 is 0 Å². The Morgan fingerprint density at radius 3 is 1.97 bits per heavy atom. The lowest BCUT2D eigenvalue weighted by molar-refractivity contribution is 0.532. The summed E-state index contributed by atoms with van der Waals surface area (Å²) in [4.78, 5) is 11.3. The van der Waals surface area contributed by atoms with Crippen LogP contribution in [0, 0.1) is 5.92 Å². The number of aromatic nitrogens is 2. The van der Waals surface area contributed by atoms with Crippen LogP contribution in [0.2, 0.25) is 0 Å². The summed E-state index contributed by atoms with van der Waals surface area (Å²) in [6, 6.07) is 76.4. The van der Waals surface area contributed by atoms with E-state index in [-0.39, 0.29) is 12.0 Å². The van der Waals surface area contributed by atoms with Crippen LogP contribution in [-0.4, -0.2) is 20.7 Å². The molecule has 0 radical (unpaired) electrons. The Kier molecular flexibility index (Phi) is 8.32. The fourth-order valence-electron chi connectivity index (χ4n) is 11.3. The SMILES string of the molecule is CCC1C(c2ccc(-n3c4cc5ccccc5cc4c4c5ccccc5ccc43)c3c2oc2ccccc23)=NC(c2ccc3c(c2)c2ccccc2n3-c2ccccc2)=NC1c1ccccc1. The predicted octanol–water partition coefficient (Wildman–Crippen LogP) is 16.1. The lowest BCUT2D eigenvalue weighted by atomic mass is 9.82. The third kappa shape index (κ3) is 5.68. The van der Waals surface area contributed by atoms with Gasteiger partial charge in [0.1, 0.15) is 11.2 Å². The normalized spacial score (nSPS) is 15.5. The third-order valence-corrected chi connectivity index (χ3v) is 14.3. The molecule has 316 valence electrons. The zero-order valence-corrected chi connectivity index (χ0v) is 36.8. The molecule has 10 aromatic carbocycles. The van der Waals surface area contributed by atoms with E-state index in [4.69, 9.17) is 14.4 Å². The van der Waals surface area contributed by atoms with E-state index in [1.807, 2.05) is 0 Å². The molecule has 1 aliphatic rings. The van der Waals surface area contributed by atoms with Crippen molar-refractivity contribution in [2.24, 2.45) is 15.9 Å². The number of rotatable bonds is 6. The molecule has 0 spiro atoms. The molecule has 67 heavy (non-hydrogen) atoms. The minimum atomic E-state index is -0.159. The molecular formula is C62H42N4O. The smallest absolute Gasteiger partial charge is 0.155 e. The van der Waals surface area contributed by atoms with E-state index in [1.54, 1.807) is 0 Å². The first-order valence-corrected chi connectivity index (χ1v) is 23.3. The lowest BCUT2D eigenvalue weighted by Crippen LogP contribution is -2.28. The number of nitrogens with zero attached hydrogens (tertiary/aromatic N) is 4. The number of aliphatic imine (C=N–C) groups is 2. The summed E-state index contributed by atoms with van der Waals surface area (Å²) in [5.41, 5.74) is 12.7. The number of amidine groups is 1. The van der Waals surface area contributed by atoms with Crippen molar-refractivity contribution in [3.63, 3.8) is 0 Å². The minimum absolute atomic E-state index is 0.0110. The van der Waals surface area contributed by atoms with Gasteiger partial charge in [0, 0.05) is 49.7 Å². The van der Waals surface area contributed by atoms with Crippen LogP contribution in [0.5, 0.6) is 0 Å². The Morgan fingerprint density at radius 2 is 1.15 bits per heavy atom. The summed E-state index contributed by atoms with van der Waals surface area (Å²) < 4.78 is 12.0. The first-order chi connectivity index (χ1) is 33.2. The fourth-order valence-corrected chi connectivity index (χ4v) is 11.3. The number of fused-ring (bicyclic) bond motifs is 12. The maximum Gasteiger partial charge on any atom is 0.155 e. The van der Waals surface area contributed by atoms with Crippen LogP contribution in [0.3, 0.4) is 0 Å². The lowest BCUT2D eigenvalue weighted by Gasteiger charge is -2.30. The molecule has 0 N–H and O–H groups in total. The van der Waals surface area contributed by atoms with Crippen LogP contribution < -0.4 is 0 Å². The van der Waals surface area contributed by atoms with Crippen molar-refractivity contribution in [2.45, 2.75) is 19.4 Å². The van der Waals surface area contributed by atoms with Gasteiger partial charge in [0.05, 0.1) is 44.9 Å². The number of benzene rings is 10. The van der Waals surface area contributed by atoms with Gasteiger partial charge in [-0.3, -0.25) is 4.99 Å². The number of para-hydroxylation sites is 3. The highest BCUT2D eigenvalue weighted by Gasteiger charge is 2.34. The zero-order chi connectivity index (χ0) is 44.2. The summed E-state index contributed by atoms with van der Waals surface area (Å²) >= 11 is 0. The maximum atomic E-state index is 7.13. The van der Waals surface area contributed by atoms with Gasteiger partial charge >= 0.3 is 0 Å². The molecule has 3 aromatic heterocycles. The van der Waals surface area contributed by atoms with Gasteiger partial charge in [-0.2, -0.15) is 0 Å². The van der Waals surface area contributed by atoms with Crippen molar-refractivity contribution in [2.75, 3.05) is 0 Å². The highest BCUT2D eigenvalue weighted by Crippen LogP contribution is 2.45. The average molecular weight is 859 g/mol. The van der Waals surface area contributed by atoms with E-state index >= 15 is 0 Å². The molecule has 2 atom stereocenters. The molecule has 14 rings (SSSR count). The van der Waals surface area contributed by atoms with Crippen LogP contribution in [0.1, 0.15) is 36.1 Å². The highest BCUT2D eigenvalue weighted by atomic mass is 16.3. The standard InChI is InChI=1S/C62H42N4O/c1-2-44-59(39-18-5-3-6-19-39)63-62(42-30-32-52-49(36-42)46-25-13-15-27-51(46)65(52)43-22-7-4-8-23-43)64-60(44)48-31-34-54(58-47-26-14-16-28-56(47)67-61(48)58)66-53-33-29-38-17-11-12-24-45(38)57(53)50-35-40-20-9-10-21-41(40)37-55(50)66/h3-37,44,59H,2H2,1H3. The maximum absolute atomic E-state index is 7.13. The van der Waals surface area contributed by atoms with Gasteiger partial charge in [0.2, 0.25) is 0 Å². The van der Waals surface area contributed by atoms with Gasteiger partial charge in [-0.05, 0) is 106 Å². The van der Waals surface area contributed by atoms with Crippen LogP contribution in [0.4, 0.5) is 0 Å². The third-order valence-electron chi connectivity index (χ3n) is 14.3. The molecule has 0 amide bonds. The molecule has 4 heterocycles. The Morgan fingerprint density at radius 1 is 0.478 bits per heavy atom. The molecule has 0 fully saturated rings. The Balaban J connectivity index is 1.03. The van der Waals surface area contributed by atoms with Gasteiger partial charge in [0.25, 0.3) is 0 Å². The summed E-state index contributed by atoms with van der Waals surface area (Å²) in [5.74, 6) is 0.713. The van der Waals surface area contributed by atoms with Crippen LogP contribution in [0.25, 0.3) is 98.5 Å². The molecule has 5 nitrogen and oxygen atoms in total. The predicted molar refractivity (Wildman–Crippen MR) is 280 cm³/mol. The summed E-state index contributed by atoms with van der Waals surface area (Å²) in [5, 5.41) is 11.9. The van der Waals surface area contributed by atoms with Crippen molar-refractivity contribution >= 4 is 98.6 Å². The molecule has 0 saturated heterocycles. The Hall–Kier alpha value is -8.54. The molecule has 0 bridgehead atoms. The topological polar surface area (TPSA) is 47.7 Å². The highest BCUT2D eigenvalue weighted by molar-refractivity contribution is 6.26. The zero-order valence-electron chi connectivity index (χ0n) is 36.8. The molecule has 0 aliphatic carbocycles. The second-order valence-electron chi connectivity index (χ2n) is 17.9. The average Bonchev–Trinajstić information content (AvgIpc) is 4.06. The van der Waals surface area contributed by atoms with Crippen LogP contribution >= 0.6 is 0 Å². The molecule has 5 heteroatoms. The van der Waals surface area contributed by atoms with Gasteiger partial charge in [-0.15, -0.1) is 0 Å². The number of furan rings is 1. The van der Waals surface area contributed by atoms with Crippen molar-refractivity contribution in [1.82, 2.24) is 9.13 Å². The molecule has 2 unspecified atom stereocenters. The van der Waals surface area contributed by atoms with E-state index in [1.165, 1.54) is 54.2 Å². The van der Waals surface area contributed by atoms with Crippen LogP contribution in [-0.2, 0) is 0 Å². The monoisotopic (exact) mass is 858 g/mol. The molecule has 13 aromatic rings. The quantitative estimate of drug-likeness (QED) is 0.164. The largest absolute Gasteiger partial charge is 0.455 e. The van der Waals surface area contributed by atoms with E-state index in [9.17, 15) is 0 Å². The van der Waals surface area contributed by atoms with Crippen molar-refractivity contribution < 1.29 is 4.42 Å². The van der Waals surface area contributed by atoms with Crippen LogP contribution in [0.15, 0.2) is 227 Å². The fraction of sp³-hybridized carbons (Fsp3) is 0.0645. The number of hydrogen-bond acceptors (Lipinski definition) is 3. The first-order valence-electron chi connectivity index (χ1n) is 23.3. The van der Waals surface area contributed by atoms with Gasteiger partial charge in [-0.1, -0.05) is 146 Å². The number of hydrogen-bond donors (Lipinski definition) is 0. The first kappa shape index (κ1) is 37.8. The second kappa shape index (κ2) is 14.7. The molecule has 1 aliphatic heterocycles. The van der Waals surface area contributed by atoms with Gasteiger partial charge in [0.15, 0.2) is 5.84 Å². The van der Waals surface area contributed by atoms with Gasteiger partial charge < -0.3 is 13.6 Å². The van der Waals surface area contributed by atoms with E-state index in [0.29, 0.717) is 0 Å². The van der Waals surface area contributed by atoms with Crippen molar-refractivity contribution in [3.05, 3.63) is 229 Å². The Bertz CT molecular complexity index is 4210. The van der Waals surface area contributed by atoms with Gasteiger partial charge in [-0.25, -0.2) is 4.99 Å². The molecule has 0 saturated carbocycles. The van der Waals surface area contributed by atoms with Crippen molar-refractivity contribution in [1.29, 1.82) is 0 Å². The minimum Gasteiger partial charge on any atom is -0.455 e. The van der Waals surface area contributed by atoms with E-state index in [0.717, 1.165) is 79.0 Å². The van der Waals surface area contributed by atoms with Crippen molar-refractivity contribution in [3.8, 4) is 11.4 Å². The summed E-state index contributed by atoms with van der Waals surface area (Å²) in [7, 11) is 0. The Labute approximate surface area is 386 Å². The second-order valence-corrected chi connectivity index (χ2v) is 17.9. The summed E-state index contributed by atoms with van der Waals surface area (Å²) in [6.07, 6.45) is 0.843. The van der Waals surface area contributed by atoms with E-state index in [2.05, 4.69) is 228 Å². The summed E-state index contributed by atoms with van der Waals surface area (Å²) in [6.45, 7) is 2.26. The molecular weight excluding hydrogens is 817 g/mol.